The number of imidazole rings is 1. The van der Waals surface area contributed by atoms with E-state index in [1.54, 1.807) is 11.3 Å². The van der Waals surface area contributed by atoms with Crippen LogP contribution in [-0.2, 0) is 6.18 Å². The fourth-order valence-electron chi connectivity index (χ4n) is 4.89. The summed E-state index contributed by atoms with van der Waals surface area (Å²) < 4.78 is 41.1. The second-order valence-corrected chi connectivity index (χ2v) is 10.2. The molecule has 6 nitrogen and oxygen atoms in total. The number of nitrogens with zero attached hydrogens (tertiary/aromatic N) is 5. The van der Waals surface area contributed by atoms with Crippen LogP contribution in [0.1, 0.15) is 51.0 Å². The van der Waals surface area contributed by atoms with Gasteiger partial charge in [0.15, 0.2) is 5.82 Å². The van der Waals surface area contributed by atoms with Crippen LogP contribution in [0.4, 0.5) is 24.1 Å². The van der Waals surface area contributed by atoms with Crippen molar-refractivity contribution < 1.29 is 13.2 Å². The van der Waals surface area contributed by atoms with Crippen LogP contribution in [0.25, 0.3) is 16.2 Å². The van der Waals surface area contributed by atoms with Gasteiger partial charge in [0, 0.05) is 37.8 Å². The van der Waals surface area contributed by atoms with E-state index < -0.39 is 11.7 Å². The highest BCUT2D eigenvalue weighted by Gasteiger charge is 2.31. The number of benzene rings is 1. The molecule has 1 aliphatic heterocycles. The van der Waals surface area contributed by atoms with Crippen molar-refractivity contribution in [1.29, 1.82) is 0 Å². The number of halogens is 3. The van der Waals surface area contributed by atoms with Crippen LogP contribution >= 0.6 is 11.3 Å². The van der Waals surface area contributed by atoms with Gasteiger partial charge in [0.25, 0.3) is 0 Å². The summed E-state index contributed by atoms with van der Waals surface area (Å²) in [5.74, 6) is 0.788. The first-order chi connectivity index (χ1) is 16.4. The maximum absolute atomic E-state index is 13.1. The number of likely N-dealkylation sites (N-methyl/N-ethyl adjacent to an activating group) is 1. The van der Waals surface area contributed by atoms with Crippen molar-refractivity contribution in [1.82, 2.24) is 19.5 Å². The average Bonchev–Trinajstić information content (AvgIpc) is 3.28. The predicted octanol–water partition coefficient (Wildman–Crippen LogP) is 5.75. The molecule has 3 aromatic rings. The SMILES string of the molecule is CCN1CCN(c2nn3c(NC4CCCCCC4)c(-c4ccc(C(F)(F)F)cc4)nc3s2)CC1. The number of hydrogen-bond acceptors (Lipinski definition) is 6. The molecule has 1 aliphatic carbocycles. The Labute approximate surface area is 201 Å². The minimum atomic E-state index is -4.35. The second kappa shape index (κ2) is 9.73. The Morgan fingerprint density at radius 3 is 2.29 bits per heavy atom. The van der Waals surface area contributed by atoms with Gasteiger partial charge in [-0.1, -0.05) is 56.1 Å². The molecule has 10 heteroatoms. The highest BCUT2D eigenvalue weighted by Crippen LogP contribution is 2.37. The zero-order valence-electron chi connectivity index (χ0n) is 19.4. The standard InChI is InChI=1S/C24H31F3N6S/c1-2-31-13-15-32(16-14-31)23-30-33-21(28-19-7-5-3-4-6-8-19)20(29-22(33)34-23)17-9-11-18(12-10-17)24(25,26)27/h9-12,19,28H,2-8,13-16H2,1H3. The Kier molecular flexibility index (Phi) is 6.70. The minimum absolute atomic E-state index is 0.314. The van der Waals surface area contributed by atoms with Crippen molar-refractivity contribution in [3.8, 4) is 11.3 Å². The number of nitrogens with one attached hydrogen (secondary N) is 1. The van der Waals surface area contributed by atoms with Crippen LogP contribution in [0, 0.1) is 0 Å². The molecule has 0 atom stereocenters. The molecule has 2 aliphatic rings. The fraction of sp³-hybridized carbons (Fsp3) is 0.583. The lowest BCUT2D eigenvalue weighted by Crippen LogP contribution is -2.46. The van der Waals surface area contributed by atoms with E-state index in [1.807, 2.05) is 4.52 Å². The molecule has 0 radical (unpaired) electrons. The number of fused-ring (bicyclic) bond motifs is 1. The quantitative estimate of drug-likeness (QED) is 0.460. The van der Waals surface area contributed by atoms with Gasteiger partial charge in [0.05, 0.1) is 5.56 Å². The van der Waals surface area contributed by atoms with Gasteiger partial charge < -0.3 is 15.1 Å². The monoisotopic (exact) mass is 492 g/mol. The van der Waals surface area contributed by atoms with Crippen molar-refractivity contribution in [2.24, 2.45) is 0 Å². The number of rotatable bonds is 5. The molecule has 1 saturated heterocycles. The van der Waals surface area contributed by atoms with Gasteiger partial charge in [0.1, 0.15) is 5.69 Å². The average molecular weight is 493 g/mol. The molecule has 0 unspecified atom stereocenters. The summed E-state index contributed by atoms with van der Waals surface area (Å²) in [6.45, 7) is 7.14. The third-order valence-electron chi connectivity index (χ3n) is 6.96. The van der Waals surface area contributed by atoms with E-state index in [1.165, 1.54) is 37.8 Å². The summed E-state index contributed by atoms with van der Waals surface area (Å²) in [7, 11) is 0. The van der Waals surface area contributed by atoms with E-state index in [4.69, 9.17) is 10.1 Å². The molecule has 2 aromatic heterocycles. The van der Waals surface area contributed by atoms with Gasteiger partial charge in [0.2, 0.25) is 10.1 Å². The van der Waals surface area contributed by atoms with Crippen molar-refractivity contribution in [3.05, 3.63) is 29.8 Å². The minimum Gasteiger partial charge on any atom is -0.365 e. The van der Waals surface area contributed by atoms with Crippen LogP contribution in [0.3, 0.4) is 0 Å². The predicted molar refractivity (Wildman–Crippen MR) is 131 cm³/mol. The van der Waals surface area contributed by atoms with E-state index in [-0.39, 0.29) is 0 Å². The Morgan fingerprint density at radius 2 is 1.68 bits per heavy atom. The topological polar surface area (TPSA) is 48.7 Å². The van der Waals surface area contributed by atoms with Crippen molar-refractivity contribution in [2.75, 3.05) is 42.9 Å². The van der Waals surface area contributed by atoms with E-state index >= 15 is 0 Å². The number of alkyl halides is 3. The molecule has 3 heterocycles. The first-order valence-electron chi connectivity index (χ1n) is 12.2. The third-order valence-corrected chi connectivity index (χ3v) is 7.93. The third kappa shape index (κ3) is 4.88. The summed E-state index contributed by atoms with van der Waals surface area (Å²) in [5.41, 5.74) is 0.682. The summed E-state index contributed by atoms with van der Waals surface area (Å²) in [6, 6.07) is 5.60. The molecule has 184 valence electrons. The number of hydrogen-bond donors (Lipinski definition) is 1. The molecule has 0 amide bonds. The molecule has 0 spiro atoms. The molecular weight excluding hydrogens is 461 g/mol. The normalized spacial score (nSPS) is 19.0. The number of anilines is 2. The molecule has 5 rings (SSSR count). The van der Waals surface area contributed by atoms with Gasteiger partial charge in [-0.3, -0.25) is 0 Å². The molecule has 1 N–H and O–H groups in total. The summed E-state index contributed by atoms with van der Waals surface area (Å²) >= 11 is 1.54. The zero-order valence-corrected chi connectivity index (χ0v) is 20.3. The Balaban J connectivity index is 1.48. The number of aromatic nitrogens is 3. The first-order valence-corrected chi connectivity index (χ1v) is 13.0. The summed E-state index contributed by atoms with van der Waals surface area (Å²) in [4.78, 5) is 10.3. The molecule has 1 aromatic carbocycles. The Hall–Kier alpha value is -2.33. The lowest BCUT2D eigenvalue weighted by molar-refractivity contribution is -0.137. The van der Waals surface area contributed by atoms with E-state index in [9.17, 15) is 13.2 Å². The lowest BCUT2D eigenvalue weighted by Gasteiger charge is -2.33. The van der Waals surface area contributed by atoms with E-state index in [0.717, 1.165) is 73.6 Å². The van der Waals surface area contributed by atoms with Crippen LogP contribution in [0.15, 0.2) is 24.3 Å². The Bertz CT molecular complexity index is 1090. The van der Waals surface area contributed by atoms with Crippen LogP contribution in [0.5, 0.6) is 0 Å². The maximum Gasteiger partial charge on any atom is 0.416 e. The van der Waals surface area contributed by atoms with Gasteiger partial charge >= 0.3 is 6.18 Å². The summed E-state index contributed by atoms with van der Waals surface area (Å²) in [6.07, 6.45) is 2.66. The molecule has 2 fully saturated rings. The molecule has 34 heavy (non-hydrogen) atoms. The summed E-state index contributed by atoms with van der Waals surface area (Å²) in [5, 5.41) is 9.55. The Morgan fingerprint density at radius 1 is 1.00 bits per heavy atom. The van der Waals surface area contributed by atoms with E-state index in [2.05, 4.69) is 22.0 Å². The fourth-order valence-corrected chi connectivity index (χ4v) is 5.84. The van der Waals surface area contributed by atoms with Crippen LogP contribution in [0.2, 0.25) is 0 Å². The van der Waals surface area contributed by atoms with Gasteiger partial charge in [-0.25, -0.2) is 4.98 Å². The molecule has 1 saturated carbocycles. The van der Waals surface area contributed by atoms with Crippen molar-refractivity contribution in [3.63, 3.8) is 0 Å². The van der Waals surface area contributed by atoms with Gasteiger partial charge in [-0.05, 0) is 31.5 Å². The highest BCUT2D eigenvalue weighted by atomic mass is 32.1. The number of piperazine rings is 1. The van der Waals surface area contributed by atoms with Crippen LogP contribution < -0.4 is 10.2 Å². The van der Waals surface area contributed by atoms with E-state index in [0.29, 0.717) is 17.3 Å². The molecule has 0 bridgehead atoms. The lowest BCUT2D eigenvalue weighted by atomic mass is 10.1. The zero-order chi connectivity index (χ0) is 23.7. The highest BCUT2D eigenvalue weighted by molar-refractivity contribution is 7.20. The van der Waals surface area contributed by atoms with Crippen molar-refractivity contribution >= 4 is 27.2 Å². The van der Waals surface area contributed by atoms with Gasteiger partial charge in [-0.2, -0.15) is 17.7 Å². The smallest absolute Gasteiger partial charge is 0.365 e. The first kappa shape index (κ1) is 23.4. The maximum atomic E-state index is 13.1. The van der Waals surface area contributed by atoms with Gasteiger partial charge in [-0.15, -0.1) is 5.10 Å². The van der Waals surface area contributed by atoms with Crippen LogP contribution in [-0.4, -0.2) is 58.3 Å². The molecular formula is C24H31F3N6S. The largest absolute Gasteiger partial charge is 0.416 e. The second-order valence-electron chi connectivity index (χ2n) is 9.22. The van der Waals surface area contributed by atoms with Crippen molar-refractivity contribution in [2.45, 2.75) is 57.7 Å².